The van der Waals surface area contributed by atoms with Crippen LogP contribution in [0.1, 0.15) is 27.6 Å². The van der Waals surface area contributed by atoms with Crippen molar-refractivity contribution in [2.24, 2.45) is 0 Å². The van der Waals surface area contributed by atoms with Crippen molar-refractivity contribution in [1.29, 1.82) is 0 Å². The standard InChI is InChI=1S/C22H19FN2O4S/c1-15(26)16-7-5-9-18(13-16)24-22(27)17-8-6-10-19(14-17)30(28,29)25(2)21-12-4-3-11-20(21)23/h3-14H,1-2H3,(H,24,27). The van der Waals surface area contributed by atoms with E-state index in [1.807, 2.05) is 0 Å². The number of halogens is 1. The number of hydrogen-bond donors (Lipinski definition) is 1. The van der Waals surface area contributed by atoms with Gasteiger partial charge in [0.2, 0.25) is 0 Å². The van der Waals surface area contributed by atoms with Crippen LogP contribution in [-0.2, 0) is 10.0 Å². The third-order valence-corrected chi connectivity index (χ3v) is 6.24. The molecule has 0 saturated heterocycles. The Morgan fingerprint density at radius 1 is 0.900 bits per heavy atom. The lowest BCUT2D eigenvalue weighted by Crippen LogP contribution is -2.27. The van der Waals surface area contributed by atoms with E-state index in [0.29, 0.717) is 11.3 Å². The fourth-order valence-electron chi connectivity index (χ4n) is 2.81. The lowest BCUT2D eigenvalue weighted by molar-refractivity contribution is 0.101. The number of nitrogens with zero attached hydrogens (tertiary/aromatic N) is 1. The van der Waals surface area contributed by atoms with Crippen molar-refractivity contribution in [2.45, 2.75) is 11.8 Å². The zero-order valence-corrected chi connectivity index (χ0v) is 17.1. The summed E-state index contributed by atoms with van der Waals surface area (Å²) in [6, 6.07) is 17.4. The third kappa shape index (κ3) is 4.38. The van der Waals surface area contributed by atoms with Crippen molar-refractivity contribution in [3.8, 4) is 0 Å². The molecule has 3 rings (SSSR count). The molecule has 1 amide bonds. The van der Waals surface area contributed by atoms with Gasteiger partial charge in [-0.05, 0) is 49.4 Å². The second-order valence-electron chi connectivity index (χ2n) is 6.54. The van der Waals surface area contributed by atoms with Crippen molar-refractivity contribution in [3.05, 3.63) is 89.7 Å². The van der Waals surface area contributed by atoms with Gasteiger partial charge in [0.25, 0.3) is 15.9 Å². The Morgan fingerprint density at radius 2 is 1.57 bits per heavy atom. The largest absolute Gasteiger partial charge is 0.322 e. The zero-order valence-electron chi connectivity index (χ0n) is 16.3. The molecule has 0 heterocycles. The molecular weight excluding hydrogens is 407 g/mol. The minimum Gasteiger partial charge on any atom is -0.322 e. The molecule has 0 unspecified atom stereocenters. The van der Waals surface area contributed by atoms with E-state index in [1.165, 1.54) is 68.6 Å². The van der Waals surface area contributed by atoms with Gasteiger partial charge in [-0.1, -0.05) is 30.3 Å². The highest BCUT2D eigenvalue weighted by molar-refractivity contribution is 7.92. The first kappa shape index (κ1) is 21.2. The Balaban J connectivity index is 1.88. The van der Waals surface area contributed by atoms with Gasteiger partial charge in [0, 0.05) is 23.9 Å². The predicted octanol–water partition coefficient (Wildman–Crippen LogP) is 4.11. The van der Waals surface area contributed by atoms with E-state index < -0.39 is 21.7 Å². The summed E-state index contributed by atoms with van der Waals surface area (Å²) in [5, 5.41) is 2.64. The van der Waals surface area contributed by atoms with Gasteiger partial charge in [0.1, 0.15) is 5.82 Å². The van der Waals surface area contributed by atoms with Gasteiger partial charge >= 0.3 is 0 Å². The number of nitrogens with one attached hydrogen (secondary N) is 1. The summed E-state index contributed by atoms with van der Waals surface area (Å²) in [5.74, 6) is -1.36. The Morgan fingerprint density at radius 3 is 2.27 bits per heavy atom. The molecule has 154 valence electrons. The molecule has 0 aliphatic carbocycles. The van der Waals surface area contributed by atoms with Crippen molar-refractivity contribution in [2.75, 3.05) is 16.7 Å². The van der Waals surface area contributed by atoms with E-state index in [2.05, 4.69) is 5.32 Å². The minimum absolute atomic E-state index is 0.103. The van der Waals surface area contributed by atoms with E-state index >= 15 is 0 Å². The molecule has 0 fully saturated rings. The number of amides is 1. The second-order valence-corrected chi connectivity index (χ2v) is 8.51. The smallest absolute Gasteiger partial charge is 0.264 e. The Bertz CT molecular complexity index is 1230. The zero-order chi connectivity index (χ0) is 21.9. The number of anilines is 2. The van der Waals surface area contributed by atoms with Crippen LogP contribution in [0.2, 0.25) is 0 Å². The third-order valence-electron chi connectivity index (χ3n) is 4.47. The number of carbonyl (C=O) groups excluding carboxylic acids is 2. The van der Waals surface area contributed by atoms with Crippen LogP contribution < -0.4 is 9.62 Å². The molecule has 6 nitrogen and oxygen atoms in total. The number of para-hydroxylation sites is 1. The summed E-state index contributed by atoms with van der Waals surface area (Å²) >= 11 is 0. The van der Waals surface area contributed by atoms with Crippen LogP contribution in [0.25, 0.3) is 0 Å². The van der Waals surface area contributed by atoms with Gasteiger partial charge in [-0.2, -0.15) is 0 Å². The van der Waals surface area contributed by atoms with Crippen molar-refractivity contribution < 1.29 is 22.4 Å². The predicted molar refractivity (Wildman–Crippen MR) is 113 cm³/mol. The average molecular weight is 426 g/mol. The molecule has 3 aromatic rings. The Hall–Kier alpha value is -3.52. The normalized spacial score (nSPS) is 11.0. The molecule has 0 aliphatic heterocycles. The van der Waals surface area contributed by atoms with Crippen molar-refractivity contribution in [1.82, 2.24) is 0 Å². The first-order valence-electron chi connectivity index (χ1n) is 8.96. The van der Waals surface area contributed by atoms with Gasteiger partial charge in [-0.15, -0.1) is 0 Å². The molecule has 0 aromatic heterocycles. The van der Waals surface area contributed by atoms with Crippen LogP contribution >= 0.6 is 0 Å². The summed E-state index contributed by atoms with van der Waals surface area (Å²) < 4.78 is 40.7. The Labute approximate surface area is 174 Å². The fourth-order valence-corrected chi connectivity index (χ4v) is 4.06. The van der Waals surface area contributed by atoms with E-state index in [0.717, 1.165) is 4.31 Å². The lowest BCUT2D eigenvalue weighted by Gasteiger charge is -2.20. The second kappa shape index (κ2) is 8.46. The summed E-state index contributed by atoms with van der Waals surface area (Å²) in [6.07, 6.45) is 0. The van der Waals surface area contributed by atoms with Crippen molar-refractivity contribution >= 4 is 33.1 Å². The van der Waals surface area contributed by atoms with Gasteiger partial charge in [-0.25, -0.2) is 12.8 Å². The lowest BCUT2D eigenvalue weighted by atomic mass is 10.1. The SMILES string of the molecule is CC(=O)c1cccc(NC(=O)c2cccc(S(=O)(=O)N(C)c3ccccc3F)c2)c1. The van der Waals surface area contributed by atoms with E-state index in [9.17, 15) is 22.4 Å². The van der Waals surface area contributed by atoms with Gasteiger partial charge < -0.3 is 5.32 Å². The molecular formula is C22H19FN2O4S. The highest BCUT2D eigenvalue weighted by Gasteiger charge is 2.24. The molecule has 3 aromatic carbocycles. The van der Waals surface area contributed by atoms with Gasteiger partial charge in [0.05, 0.1) is 10.6 Å². The summed E-state index contributed by atoms with van der Waals surface area (Å²) in [7, 11) is -2.85. The Kier molecular flexibility index (Phi) is 5.98. The fraction of sp³-hybridized carbons (Fsp3) is 0.0909. The number of ketones is 1. The molecule has 1 N–H and O–H groups in total. The highest BCUT2D eigenvalue weighted by atomic mass is 32.2. The molecule has 8 heteroatoms. The van der Waals surface area contributed by atoms with Crippen LogP contribution in [0.3, 0.4) is 0 Å². The molecule has 0 spiro atoms. The summed E-state index contributed by atoms with van der Waals surface area (Å²) in [5.41, 5.74) is 0.847. The summed E-state index contributed by atoms with van der Waals surface area (Å²) in [4.78, 5) is 24.0. The average Bonchev–Trinajstić information content (AvgIpc) is 2.74. The number of rotatable bonds is 6. The van der Waals surface area contributed by atoms with E-state index in [1.54, 1.807) is 18.2 Å². The number of hydrogen-bond acceptors (Lipinski definition) is 4. The quantitative estimate of drug-likeness (QED) is 0.602. The molecule has 0 atom stereocenters. The van der Waals surface area contributed by atoms with E-state index in [4.69, 9.17) is 0 Å². The van der Waals surface area contributed by atoms with Gasteiger partial charge in [0.15, 0.2) is 5.78 Å². The number of carbonyl (C=O) groups is 2. The molecule has 0 aliphatic rings. The first-order valence-corrected chi connectivity index (χ1v) is 10.4. The summed E-state index contributed by atoms with van der Waals surface area (Å²) in [6.45, 7) is 1.42. The van der Waals surface area contributed by atoms with Crippen LogP contribution in [0.15, 0.2) is 77.7 Å². The maximum atomic E-state index is 14.0. The molecule has 0 radical (unpaired) electrons. The molecule has 0 saturated carbocycles. The highest BCUT2D eigenvalue weighted by Crippen LogP contribution is 2.25. The topological polar surface area (TPSA) is 83.5 Å². The maximum absolute atomic E-state index is 14.0. The minimum atomic E-state index is -4.09. The molecule has 0 bridgehead atoms. The van der Waals surface area contributed by atoms with Gasteiger partial charge in [-0.3, -0.25) is 13.9 Å². The molecule has 30 heavy (non-hydrogen) atoms. The van der Waals surface area contributed by atoms with Crippen LogP contribution in [-0.4, -0.2) is 27.2 Å². The first-order chi connectivity index (χ1) is 14.2. The van der Waals surface area contributed by atoms with Crippen molar-refractivity contribution in [3.63, 3.8) is 0 Å². The van der Waals surface area contributed by atoms with E-state index in [-0.39, 0.29) is 21.9 Å². The maximum Gasteiger partial charge on any atom is 0.264 e. The monoisotopic (exact) mass is 426 g/mol. The number of Topliss-reactive ketones (excluding diaryl/α,β-unsaturated/α-hetero) is 1. The number of sulfonamides is 1. The van der Waals surface area contributed by atoms with Crippen LogP contribution in [0, 0.1) is 5.82 Å². The van der Waals surface area contributed by atoms with Crippen LogP contribution in [0.5, 0.6) is 0 Å². The number of benzene rings is 3. The van der Waals surface area contributed by atoms with Crippen LogP contribution in [0.4, 0.5) is 15.8 Å².